The molecule has 0 saturated heterocycles. The Hall–Kier alpha value is -1.42. The lowest BCUT2D eigenvalue weighted by Crippen LogP contribution is -2.37. The van der Waals surface area contributed by atoms with Gasteiger partial charge in [-0.1, -0.05) is 0 Å². The van der Waals surface area contributed by atoms with Crippen molar-refractivity contribution >= 4 is 11.0 Å². The zero-order chi connectivity index (χ0) is 11.6. The molecule has 0 aliphatic rings. The number of pyridine rings is 1. The first-order valence-electron chi connectivity index (χ1n) is 5.58. The van der Waals surface area contributed by atoms with E-state index in [-0.39, 0.29) is 5.54 Å². The van der Waals surface area contributed by atoms with Crippen LogP contribution in [0.5, 0.6) is 0 Å². The predicted octanol–water partition coefficient (Wildman–Crippen LogP) is 1.89. The minimum Gasteiger partial charge on any atom is -0.341 e. The predicted molar refractivity (Wildman–Crippen MR) is 65.3 cm³/mol. The van der Waals surface area contributed by atoms with Gasteiger partial charge in [-0.05, 0) is 26.8 Å². The van der Waals surface area contributed by atoms with Crippen molar-refractivity contribution in [3.05, 3.63) is 24.3 Å². The van der Waals surface area contributed by atoms with E-state index in [9.17, 15) is 0 Å². The van der Waals surface area contributed by atoms with Gasteiger partial charge in [-0.15, -0.1) is 0 Å². The summed E-state index contributed by atoms with van der Waals surface area (Å²) in [5, 5.41) is 3.44. The topological polar surface area (TPSA) is 53.6 Å². The van der Waals surface area contributed by atoms with Crippen molar-refractivity contribution in [2.45, 2.75) is 32.7 Å². The molecule has 4 nitrogen and oxygen atoms in total. The Labute approximate surface area is 95.5 Å². The molecule has 0 fully saturated rings. The maximum atomic E-state index is 4.50. The van der Waals surface area contributed by atoms with Gasteiger partial charge in [-0.2, -0.15) is 0 Å². The summed E-state index contributed by atoms with van der Waals surface area (Å²) >= 11 is 0. The summed E-state index contributed by atoms with van der Waals surface area (Å²) in [4.78, 5) is 11.8. The number of aromatic nitrogens is 3. The van der Waals surface area contributed by atoms with Crippen LogP contribution in [0.4, 0.5) is 0 Å². The molecular formula is C12H18N4. The quantitative estimate of drug-likeness (QED) is 0.827. The molecule has 0 atom stereocenters. The summed E-state index contributed by atoms with van der Waals surface area (Å²) in [6.45, 7) is 7.41. The molecule has 0 saturated carbocycles. The van der Waals surface area contributed by atoms with Crippen molar-refractivity contribution in [3.63, 3.8) is 0 Å². The van der Waals surface area contributed by atoms with Gasteiger partial charge in [0.2, 0.25) is 0 Å². The third kappa shape index (κ3) is 2.79. The lowest BCUT2D eigenvalue weighted by atomic mass is 10.1. The SMILES string of the molecule is CC(C)(C)NCCc1nc2ccncc2[nH]1. The highest BCUT2D eigenvalue weighted by atomic mass is 15.0. The highest BCUT2D eigenvalue weighted by molar-refractivity contribution is 5.73. The molecule has 0 radical (unpaired) electrons. The molecule has 2 aromatic rings. The summed E-state index contributed by atoms with van der Waals surface area (Å²) in [6.07, 6.45) is 4.48. The molecule has 0 aliphatic heterocycles. The Kier molecular flexibility index (Phi) is 2.92. The van der Waals surface area contributed by atoms with Crippen LogP contribution in [0.2, 0.25) is 0 Å². The number of hydrogen-bond donors (Lipinski definition) is 2. The van der Waals surface area contributed by atoms with Gasteiger partial charge in [0.05, 0.1) is 17.2 Å². The largest absolute Gasteiger partial charge is 0.341 e. The third-order valence-electron chi connectivity index (χ3n) is 2.35. The van der Waals surface area contributed by atoms with Crippen molar-refractivity contribution in [3.8, 4) is 0 Å². The number of imidazole rings is 1. The van der Waals surface area contributed by atoms with Gasteiger partial charge in [0, 0.05) is 24.7 Å². The van der Waals surface area contributed by atoms with Crippen molar-refractivity contribution < 1.29 is 0 Å². The van der Waals surface area contributed by atoms with Crippen molar-refractivity contribution in [2.24, 2.45) is 0 Å². The summed E-state index contributed by atoms with van der Waals surface area (Å²) in [5.74, 6) is 1.01. The van der Waals surface area contributed by atoms with Crippen LogP contribution in [0.3, 0.4) is 0 Å². The molecule has 0 aliphatic carbocycles. The Bertz CT molecular complexity index is 434. The Balaban J connectivity index is 2.00. The number of nitrogens with one attached hydrogen (secondary N) is 2. The van der Waals surface area contributed by atoms with E-state index in [0.29, 0.717) is 0 Å². The second-order valence-corrected chi connectivity index (χ2v) is 5.00. The van der Waals surface area contributed by atoms with E-state index in [0.717, 1.165) is 29.8 Å². The molecular weight excluding hydrogens is 200 g/mol. The first-order valence-corrected chi connectivity index (χ1v) is 5.58. The van der Waals surface area contributed by atoms with E-state index in [1.807, 2.05) is 12.3 Å². The van der Waals surface area contributed by atoms with Gasteiger partial charge in [0.25, 0.3) is 0 Å². The number of hydrogen-bond acceptors (Lipinski definition) is 3. The maximum absolute atomic E-state index is 4.50. The molecule has 0 bridgehead atoms. The highest BCUT2D eigenvalue weighted by Crippen LogP contribution is 2.09. The molecule has 2 rings (SSSR count). The van der Waals surface area contributed by atoms with Gasteiger partial charge < -0.3 is 10.3 Å². The van der Waals surface area contributed by atoms with Gasteiger partial charge in [-0.25, -0.2) is 4.98 Å². The van der Waals surface area contributed by atoms with Crippen molar-refractivity contribution in [1.82, 2.24) is 20.3 Å². The van der Waals surface area contributed by atoms with E-state index in [4.69, 9.17) is 0 Å². The van der Waals surface area contributed by atoms with Crippen LogP contribution < -0.4 is 5.32 Å². The Morgan fingerprint density at radius 2 is 2.19 bits per heavy atom. The van der Waals surface area contributed by atoms with Crippen LogP contribution in [0.1, 0.15) is 26.6 Å². The van der Waals surface area contributed by atoms with E-state index in [1.54, 1.807) is 6.20 Å². The fraction of sp³-hybridized carbons (Fsp3) is 0.500. The standard InChI is InChI=1S/C12H18N4/c1-12(2,3)14-7-5-11-15-9-4-6-13-8-10(9)16-11/h4,6,8,14H,5,7H2,1-3H3,(H,15,16). The lowest BCUT2D eigenvalue weighted by Gasteiger charge is -2.19. The summed E-state index contributed by atoms with van der Waals surface area (Å²) in [5.41, 5.74) is 2.15. The molecule has 0 aromatic carbocycles. The Morgan fingerprint density at radius 3 is 2.88 bits per heavy atom. The zero-order valence-corrected chi connectivity index (χ0v) is 10.0. The summed E-state index contributed by atoms with van der Waals surface area (Å²) in [6, 6.07) is 1.92. The second kappa shape index (κ2) is 4.22. The smallest absolute Gasteiger partial charge is 0.108 e. The van der Waals surface area contributed by atoms with E-state index >= 15 is 0 Å². The average molecular weight is 218 g/mol. The van der Waals surface area contributed by atoms with Gasteiger partial charge in [0.1, 0.15) is 5.82 Å². The second-order valence-electron chi connectivity index (χ2n) is 5.00. The molecule has 0 spiro atoms. The van der Waals surface area contributed by atoms with Gasteiger partial charge >= 0.3 is 0 Å². The van der Waals surface area contributed by atoms with Crippen molar-refractivity contribution in [1.29, 1.82) is 0 Å². The normalized spacial score (nSPS) is 12.2. The van der Waals surface area contributed by atoms with Crippen LogP contribution >= 0.6 is 0 Å². The van der Waals surface area contributed by atoms with Crippen LogP contribution in [-0.2, 0) is 6.42 Å². The third-order valence-corrected chi connectivity index (χ3v) is 2.35. The van der Waals surface area contributed by atoms with Crippen LogP contribution in [0, 0.1) is 0 Å². The van der Waals surface area contributed by atoms with E-state index in [2.05, 4.69) is 41.0 Å². The molecule has 0 amide bonds. The first kappa shape index (κ1) is 11.1. The molecule has 16 heavy (non-hydrogen) atoms. The van der Waals surface area contributed by atoms with E-state index < -0.39 is 0 Å². The maximum Gasteiger partial charge on any atom is 0.108 e. The number of rotatable bonds is 3. The number of fused-ring (bicyclic) bond motifs is 1. The average Bonchev–Trinajstić information content (AvgIpc) is 2.57. The van der Waals surface area contributed by atoms with Gasteiger partial charge in [-0.3, -0.25) is 4.98 Å². The molecule has 2 N–H and O–H groups in total. The fourth-order valence-corrected chi connectivity index (χ4v) is 1.58. The first-order chi connectivity index (χ1) is 7.54. The highest BCUT2D eigenvalue weighted by Gasteiger charge is 2.08. The van der Waals surface area contributed by atoms with E-state index in [1.165, 1.54) is 0 Å². The van der Waals surface area contributed by atoms with Gasteiger partial charge in [0.15, 0.2) is 0 Å². The molecule has 0 unspecified atom stereocenters. The molecule has 2 aromatic heterocycles. The number of H-pyrrole nitrogens is 1. The molecule has 86 valence electrons. The number of nitrogens with zero attached hydrogens (tertiary/aromatic N) is 2. The zero-order valence-electron chi connectivity index (χ0n) is 10.0. The lowest BCUT2D eigenvalue weighted by molar-refractivity contribution is 0.428. The molecule has 4 heteroatoms. The summed E-state index contributed by atoms with van der Waals surface area (Å²) in [7, 11) is 0. The minimum atomic E-state index is 0.160. The minimum absolute atomic E-state index is 0.160. The van der Waals surface area contributed by atoms with Crippen LogP contribution in [0.15, 0.2) is 18.5 Å². The number of aromatic amines is 1. The van der Waals surface area contributed by atoms with Crippen LogP contribution in [0.25, 0.3) is 11.0 Å². The Morgan fingerprint density at radius 1 is 1.38 bits per heavy atom. The summed E-state index contributed by atoms with van der Waals surface area (Å²) < 4.78 is 0. The van der Waals surface area contributed by atoms with Crippen molar-refractivity contribution in [2.75, 3.05) is 6.54 Å². The van der Waals surface area contributed by atoms with Crippen LogP contribution in [-0.4, -0.2) is 27.0 Å². The monoisotopic (exact) mass is 218 g/mol. The molecule has 2 heterocycles. The fourth-order valence-electron chi connectivity index (χ4n) is 1.58.